The van der Waals surface area contributed by atoms with E-state index >= 15 is 0 Å². The van der Waals surface area contributed by atoms with Crippen molar-refractivity contribution in [2.75, 3.05) is 7.11 Å². The zero-order chi connectivity index (χ0) is 13.7. The van der Waals surface area contributed by atoms with Crippen LogP contribution in [-0.4, -0.2) is 12.9 Å². The van der Waals surface area contributed by atoms with E-state index in [9.17, 15) is 4.79 Å². The van der Waals surface area contributed by atoms with Crippen LogP contribution in [0.2, 0.25) is 5.02 Å². The van der Waals surface area contributed by atoms with E-state index in [1.807, 2.05) is 24.3 Å². The van der Waals surface area contributed by atoms with Gasteiger partial charge in [-0.1, -0.05) is 41.9 Å². The summed E-state index contributed by atoms with van der Waals surface area (Å²) in [6.07, 6.45) is 3.27. The Hall–Kier alpha value is -2.06. The number of methoxy groups -OCH3 is 1. The molecule has 2 nitrogen and oxygen atoms in total. The first kappa shape index (κ1) is 13.4. The van der Waals surface area contributed by atoms with Crippen molar-refractivity contribution in [2.24, 2.45) is 0 Å². The second kappa shape index (κ2) is 6.21. The second-order valence-electron chi connectivity index (χ2n) is 3.95. The first-order valence-electron chi connectivity index (χ1n) is 5.81. The topological polar surface area (TPSA) is 26.3 Å². The minimum absolute atomic E-state index is 0.110. The summed E-state index contributed by atoms with van der Waals surface area (Å²) in [5.41, 5.74) is 1.44. The summed E-state index contributed by atoms with van der Waals surface area (Å²) in [7, 11) is 1.62. The number of halogens is 1. The lowest BCUT2D eigenvalue weighted by Crippen LogP contribution is -1.94. The van der Waals surface area contributed by atoms with Crippen LogP contribution in [0.15, 0.2) is 54.6 Å². The van der Waals surface area contributed by atoms with Gasteiger partial charge in [-0.3, -0.25) is 4.79 Å². The van der Waals surface area contributed by atoms with Gasteiger partial charge in [-0.05, 0) is 35.9 Å². The molecule has 96 valence electrons. The smallest absolute Gasteiger partial charge is 0.187 e. The fourth-order valence-corrected chi connectivity index (χ4v) is 1.87. The first-order chi connectivity index (χ1) is 9.20. The van der Waals surface area contributed by atoms with Crippen LogP contribution in [0.25, 0.3) is 6.08 Å². The van der Waals surface area contributed by atoms with Crippen LogP contribution in [-0.2, 0) is 0 Å². The monoisotopic (exact) mass is 272 g/mol. The summed E-state index contributed by atoms with van der Waals surface area (Å²) in [5.74, 6) is 0.677. The van der Waals surface area contributed by atoms with E-state index in [4.69, 9.17) is 16.3 Å². The van der Waals surface area contributed by atoms with Crippen molar-refractivity contribution in [2.45, 2.75) is 0 Å². The van der Waals surface area contributed by atoms with Crippen molar-refractivity contribution < 1.29 is 9.53 Å². The highest BCUT2D eigenvalue weighted by Gasteiger charge is 2.05. The normalized spacial score (nSPS) is 10.6. The number of rotatable bonds is 4. The van der Waals surface area contributed by atoms with E-state index in [1.54, 1.807) is 37.5 Å². The summed E-state index contributed by atoms with van der Waals surface area (Å²) in [4.78, 5) is 12.0. The number of hydrogen-bond acceptors (Lipinski definition) is 2. The highest BCUT2D eigenvalue weighted by molar-refractivity contribution is 6.34. The third-order valence-electron chi connectivity index (χ3n) is 2.68. The van der Waals surface area contributed by atoms with Gasteiger partial charge in [0.15, 0.2) is 5.78 Å². The molecule has 0 radical (unpaired) electrons. The molecule has 2 aromatic rings. The maximum Gasteiger partial charge on any atom is 0.187 e. The molecule has 0 fully saturated rings. The van der Waals surface area contributed by atoms with Crippen LogP contribution in [0.1, 0.15) is 15.9 Å². The Labute approximate surface area is 117 Å². The van der Waals surface area contributed by atoms with E-state index in [0.29, 0.717) is 10.6 Å². The molecule has 0 aliphatic rings. The standard InChI is InChI=1S/C16H13ClO2/c1-19-13-9-6-12(7-10-13)8-11-16(18)14-4-2-3-5-15(14)17/h2-11H,1H3. The van der Waals surface area contributed by atoms with Crippen LogP contribution < -0.4 is 4.74 Å². The average Bonchev–Trinajstić information content (AvgIpc) is 2.46. The summed E-state index contributed by atoms with van der Waals surface area (Å²) in [5, 5.41) is 0.465. The summed E-state index contributed by atoms with van der Waals surface area (Å²) in [6.45, 7) is 0. The van der Waals surface area contributed by atoms with Crippen molar-refractivity contribution in [3.8, 4) is 5.75 Å². The molecular formula is C16H13ClO2. The van der Waals surface area contributed by atoms with Crippen molar-refractivity contribution in [3.63, 3.8) is 0 Å². The molecule has 3 heteroatoms. The molecule has 0 N–H and O–H groups in total. The molecule has 0 atom stereocenters. The highest BCUT2D eigenvalue weighted by atomic mass is 35.5. The molecule has 0 amide bonds. The fraction of sp³-hybridized carbons (Fsp3) is 0.0625. The SMILES string of the molecule is COc1ccc(C=CC(=O)c2ccccc2Cl)cc1. The zero-order valence-electron chi connectivity index (χ0n) is 10.5. The van der Waals surface area contributed by atoms with Gasteiger partial charge in [0.05, 0.1) is 12.1 Å². The predicted molar refractivity (Wildman–Crippen MR) is 77.8 cm³/mol. The molecule has 0 aliphatic heterocycles. The van der Waals surface area contributed by atoms with Gasteiger partial charge < -0.3 is 4.74 Å². The Morgan fingerprint density at radius 2 is 1.79 bits per heavy atom. The maximum absolute atomic E-state index is 12.0. The highest BCUT2D eigenvalue weighted by Crippen LogP contribution is 2.17. The van der Waals surface area contributed by atoms with Crippen LogP contribution in [0, 0.1) is 0 Å². The quantitative estimate of drug-likeness (QED) is 0.614. The van der Waals surface area contributed by atoms with Gasteiger partial charge in [-0.15, -0.1) is 0 Å². The Kier molecular flexibility index (Phi) is 4.37. The van der Waals surface area contributed by atoms with Crippen LogP contribution in [0.5, 0.6) is 5.75 Å². The number of hydrogen-bond donors (Lipinski definition) is 0. The third-order valence-corrected chi connectivity index (χ3v) is 3.01. The van der Waals surface area contributed by atoms with E-state index < -0.39 is 0 Å². The number of allylic oxidation sites excluding steroid dienone is 1. The minimum Gasteiger partial charge on any atom is -0.497 e. The number of benzene rings is 2. The van der Waals surface area contributed by atoms with Crippen molar-refractivity contribution in [1.82, 2.24) is 0 Å². The lowest BCUT2D eigenvalue weighted by molar-refractivity contribution is 0.104. The van der Waals surface area contributed by atoms with Crippen LogP contribution in [0.4, 0.5) is 0 Å². The molecule has 2 aromatic carbocycles. The summed E-state index contributed by atoms with van der Waals surface area (Å²) < 4.78 is 5.07. The number of carbonyl (C=O) groups is 1. The lowest BCUT2D eigenvalue weighted by atomic mass is 10.1. The van der Waals surface area contributed by atoms with Gasteiger partial charge in [0.25, 0.3) is 0 Å². The molecule has 19 heavy (non-hydrogen) atoms. The average molecular weight is 273 g/mol. The van der Waals surface area contributed by atoms with Crippen molar-refractivity contribution in [1.29, 1.82) is 0 Å². The number of ketones is 1. The lowest BCUT2D eigenvalue weighted by Gasteiger charge is -2.00. The van der Waals surface area contributed by atoms with E-state index in [1.165, 1.54) is 6.08 Å². The largest absolute Gasteiger partial charge is 0.497 e. The molecule has 0 spiro atoms. The molecule has 0 unspecified atom stereocenters. The predicted octanol–water partition coefficient (Wildman–Crippen LogP) is 4.24. The third kappa shape index (κ3) is 3.46. The van der Waals surface area contributed by atoms with Crippen molar-refractivity contribution >= 4 is 23.5 Å². The second-order valence-corrected chi connectivity index (χ2v) is 4.36. The van der Waals surface area contributed by atoms with E-state index in [2.05, 4.69) is 0 Å². The number of carbonyl (C=O) groups excluding carboxylic acids is 1. The van der Waals surface area contributed by atoms with E-state index in [0.717, 1.165) is 11.3 Å². The Morgan fingerprint density at radius 1 is 1.11 bits per heavy atom. The van der Waals surface area contributed by atoms with Crippen molar-refractivity contribution in [3.05, 3.63) is 70.8 Å². The van der Waals surface area contributed by atoms with Gasteiger partial charge >= 0.3 is 0 Å². The summed E-state index contributed by atoms with van der Waals surface area (Å²) in [6, 6.07) is 14.5. The van der Waals surface area contributed by atoms with Gasteiger partial charge in [0, 0.05) is 5.56 Å². The maximum atomic E-state index is 12.0. The first-order valence-corrected chi connectivity index (χ1v) is 6.19. The molecule has 0 aromatic heterocycles. The van der Waals surface area contributed by atoms with Crippen LogP contribution in [0.3, 0.4) is 0 Å². The Bertz CT molecular complexity index is 600. The molecule has 0 saturated heterocycles. The van der Waals surface area contributed by atoms with Crippen LogP contribution >= 0.6 is 11.6 Å². The van der Waals surface area contributed by atoms with Gasteiger partial charge in [-0.2, -0.15) is 0 Å². The molecule has 0 heterocycles. The fourth-order valence-electron chi connectivity index (χ4n) is 1.64. The van der Waals surface area contributed by atoms with Gasteiger partial charge in [0.2, 0.25) is 0 Å². The Balaban J connectivity index is 2.14. The molecule has 2 rings (SSSR count). The molecule has 0 aliphatic carbocycles. The summed E-state index contributed by atoms with van der Waals surface area (Å²) >= 11 is 5.97. The van der Waals surface area contributed by atoms with Gasteiger partial charge in [0.1, 0.15) is 5.75 Å². The minimum atomic E-state index is -0.110. The number of ether oxygens (including phenoxy) is 1. The van der Waals surface area contributed by atoms with E-state index in [-0.39, 0.29) is 5.78 Å². The van der Waals surface area contributed by atoms with Gasteiger partial charge in [-0.25, -0.2) is 0 Å². The molecule has 0 bridgehead atoms. The Morgan fingerprint density at radius 3 is 2.42 bits per heavy atom. The molecular weight excluding hydrogens is 260 g/mol. The molecule has 0 saturated carbocycles. The zero-order valence-corrected chi connectivity index (χ0v) is 11.2.